The smallest absolute Gasteiger partial charge is 0.238 e. The van der Waals surface area contributed by atoms with Crippen molar-refractivity contribution in [1.29, 1.82) is 0 Å². The van der Waals surface area contributed by atoms with Gasteiger partial charge in [-0.1, -0.05) is 19.1 Å². The van der Waals surface area contributed by atoms with Gasteiger partial charge in [0.15, 0.2) is 5.96 Å². The molecule has 0 radical (unpaired) electrons. The normalized spacial score (nSPS) is 13.7. The summed E-state index contributed by atoms with van der Waals surface area (Å²) in [5, 5.41) is 11.6. The lowest BCUT2D eigenvalue weighted by Gasteiger charge is -2.16. The molecule has 4 N–H and O–H groups in total. The molecule has 0 spiro atoms. The molecule has 0 amide bonds. The van der Waals surface area contributed by atoms with E-state index < -0.39 is 10.0 Å². The summed E-state index contributed by atoms with van der Waals surface area (Å²) >= 11 is 0. The summed E-state index contributed by atoms with van der Waals surface area (Å²) in [6.07, 6.45) is 1.77. The first-order valence-corrected chi connectivity index (χ1v) is 9.08. The maximum Gasteiger partial charge on any atom is 0.238 e. The molecule has 0 bridgehead atoms. The number of hydrogen-bond acceptors (Lipinski definition) is 3. The van der Waals surface area contributed by atoms with Crippen LogP contribution >= 0.6 is 0 Å². The van der Waals surface area contributed by atoms with E-state index in [1.165, 1.54) is 12.1 Å². The molecule has 0 aromatic heterocycles. The fraction of sp³-hybridized carbons (Fsp3) is 0.533. The predicted molar refractivity (Wildman–Crippen MR) is 90.4 cm³/mol. The van der Waals surface area contributed by atoms with E-state index in [2.05, 4.69) is 29.5 Å². The van der Waals surface area contributed by atoms with E-state index >= 15 is 0 Å². The third-order valence-electron chi connectivity index (χ3n) is 3.26. The molecule has 0 fully saturated rings. The number of hydrogen-bond donors (Lipinski definition) is 3. The molecular weight excluding hydrogens is 300 g/mol. The van der Waals surface area contributed by atoms with Gasteiger partial charge in [-0.05, 0) is 44.4 Å². The van der Waals surface area contributed by atoms with E-state index in [-0.39, 0.29) is 4.90 Å². The molecule has 1 unspecified atom stereocenters. The van der Waals surface area contributed by atoms with Crippen LogP contribution in [0.1, 0.15) is 32.8 Å². The van der Waals surface area contributed by atoms with Crippen molar-refractivity contribution in [2.75, 3.05) is 13.1 Å². The number of guanidine groups is 1. The quantitative estimate of drug-likeness (QED) is 0.518. The number of rotatable bonds is 7. The van der Waals surface area contributed by atoms with Gasteiger partial charge >= 0.3 is 0 Å². The lowest BCUT2D eigenvalue weighted by Crippen LogP contribution is -2.42. The zero-order chi connectivity index (χ0) is 16.6. The van der Waals surface area contributed by atoms with E-state index in [0.717, 1.165) is 30.9 Å². The summed E-state index contributed by atoms with van der Waals surface area (Å²) in [5.74, 6) is 0.804. The molecule has 0 saturated carbocycles. The zero-order valence-electron chi connectivity index (χ0n) is 13.5. The number of nitrogens with two attached hydrogens (primary N) is 1. The van der Waals surface area contributed by atoms with E-state index in [1.54, 1.807) is 12.1 Å². The molecule has 1 rings (SSSR count). The summed E-state index contributed by atoms with van der Waals surface area (Å²) < 4.78 is 22.4. The van der Waals surface area contributed by atoms with Gasteiger partial charge in [-0.3, -0.25) is 4.99 Å². The van der Waals surface area contributed by atoms with Crippen LogP contribution in [0.3, 0.4) is 0 Å². The molecule has 1 aromatic rings. The van der Waals surface area contributed by atoms with Crippen molar-refractivity contribution in [2.45, 2.75) is 44.6 Å². The maximum absolute atomic E-state index is 11.2. The van der Waals surface area contributed by atoms with Crippen molar-refractivity contribution in [3.63, 3.8) is 0 Å². The Morgan fingerprint density at radius 2 is 1.91 bits per heavy atom. The van der Waals surface area contributed by atoms with Crippen LogP contribution in [0.4, 0.5) is 0 Å². The number of benzene rings is 1. The predicted octanol–water partition coefficient (Wildman–Crippen LogP) is 1.23. The second-order valence-electron chi connectivity index (χ2n) is 5.15. The second-order valence-corrected chi connectivity index (χ2v) is 6.71. The Morgan fingerprint density at radius 3 is 2.41 bits per heavy atom. The van der Waals surface area contributed by atoms with Crippen LogP contribution in [-0.2, 0) is 16.4 Å². The van der Waals surface area contributed by atoms with Gasteiger partial charge in [-0.15, -0.1) is 0 Å². The molecule has 0 aliphatic rings. The highest BCUT2D eigenvalue weighted by molar-refractivity contribution is 7.89. The number of nitrogens with zero attached hydrogens (tertiary/aromatic N) is 1. The topological polar surface area (TPSA) is 96.6 Å². The molecule has 22 heavy (non-hydrogen) atoms. The molecule has 0 aliphatic heterocycles. The Hall–Kier alpha value is -1.60. The molecule has 0 heterocycles. The van der Waals surface area contributed by atoms with Crippen LogP contribution < -0.4 is 15.8 Å². The zero-order valence-corrected chi connectivity index (χ0v) is 14.3. The van der Waals surface area contributed by atoms with Gasteiger partial charge in [0.2, 0.25) is 10.0 Å². The van der Waals surface area contributed by atoms with Gasteiger partial charge in [-0.2, -0.15) is 0 Å². The van der Waals surface area contributed by atoms with Crippen LogP contribution in [0, 0.1) is 0 Å². The lowest BCUT2D eigenvalue weighted by molar-refractivity contribution is 0.598. The molecule has 1 atom stereocenters. The van der Waals surface area contributed by atoms with Crippen LogP contribution in [0.5, 0.6) is 0 Å². The van der Waals surface area contributed by atoms with Crippen LogP contribution in [-0.4, -0.2) is 33.5 Å². The van der Waals surface area contributed by atoms with Crippen LogP contribution in [0.15, 0.2) is 34.2 Å². The van der Waals surface area contributed by atoms with E-state index in [4.69, 9.17) is 5.14 Å². The molecular formula is C15H26N4O2S. The number of nitrogens with one attached hydrogen (secondary N) is 2. The Balaban J connectivity index is 2.61. The summed E-state index contributed by atoms with van der Waals surface area (Å²) in [4.78, 5) is 4.65. The van der Waals surface area contributed by atoms with Crippen LogP contribution in [0.25, 0.3) is 0 Å². The van der Waals surface area contributed by atoms with Crippen molar-refractivity contribution in [3.05, 3.63) is 29.8 Å². The van der Waals surface area contributed by atoms with Crippen LogP contribution in [0.2, 0.25) is 0 Å². The minimum atomic E-state index is -3.62. The van der Waals surface area contributed by atoms with E-state index in [0.29, 0.717) is 12.6 Å². The standard InChI is InChI=1S/C15H26N4O2S/c1-4-12(3)19-15(17-5-2)18-11-10-13-6-8-14(9-7-13)22(16,20)21/h6-9,12H,4-5,10-11H2,1-3H3,(H2,16,20,21)(H2,17,18,19). The molecule has 0 saturated heterocycles. The molecule has 1 aromatic carbocycles. The summed E-state index contributed by atoms with van der Waals surface area (Å²) in [6, 6.07) is 6.95. The van der Waals surface area contributed by atoms with Gasteiger partial charge < -0.3 is 10.6 Å². The number of primary sulfonamides is 1. The number of sulfonamides is 1. The highest BCUT2D eigenvalue weighted by atomic mass is 32.2. The highest BCUT2D eigenvalue weighted by Crippen LogP contribution is 2.09. The minimum Gasteiger partial charge on any atom is -0.357 e. The Morgan fingerprint density at radius 1 is 1.27 bits per heavy atom. The Labute approximate surface area is 133 Å². The fourth-order valence-corrected chi connectivity index (χ4v) is 2.31. The third kappa shape index (κ3) is 6.44. The first kappa shape index (κ1) is 18.4. The van der Waals surface area contributed by atoms with Crippen molar-refractivity contribution in [1.82, 2.24) is 10.6 Å². The molecule has 124 valence electrons. The summed E-state index contributed by atoms with van der Waals surface area (Å²) in [6.45, 7) is 7.69. The first-order chi connectivity index (χ1) is 10.4. The minimum absolute atomic E-state index is 0.131. The van der Waals surface area contributed by atoms with Gasteiger partial charge in [0.05, 0.1) is 4.90 Å². The SMILES string of the molecule is CCNC(=NCCc1ccc(S(N)(=O)=O)cc1)NC(C)CC. The van der Waals surface area contributed by atoms with E-state index in [9.17, 15) is 8.42 Å². The summed E-state index contributed by atoms with van der Waals surface area (Å²) in [7, 11) is -3.62. The Kier molecular flexibility index (Phi) is 7.34. The molecule has 0 aliphatic carbocycles. The van der Waals surface area contributed by atoms with Gasteiger partial charge in [0.25, 0.3) is 0 Å². The maximum atomic E-state index is 11.2. The van der Waals surface area contributed by atoms with Crippen molar-refractivity contribution >= 4 is 16.0 Å². The van der Waals surface area contributed by atoms with E-state index in [1.807, 2.05) is 6.92 Å². The lowest BCUT2D eigenvalue weighted by atomic mass is 10.1. The van der Waals surface area contributed by atoms with Crippen molar-refractivity contribution < 1.29 is 8.42 Å². The average molecular weight is 326 g/mol. The Bertz CT molecular complexity index is 582. The first-order valence-electron chi connectivity index (χ1n) is 7.53. The second kappa shape index (κ2) is 8.75. The van der Waals surface area contributed by atoms with Crippen molar-refractivity contribution in [2.24, 2.45) is 10.1 Å². The summed E-state index contributed by atoms with van der Waals surface area (Å²) in [5.41, 5.74) is 1.02. The average Bonchev–Trinajstić information content (AvgIpc) is 2.47. The van der Waals surface area contributed by atoms with Gasteiger partial charge in [-0.25, -0.2) is 13.6 Å². The van der Waals surface area contributed by atoms with Gasteiger partial charge in [0, 0.05) is 19.1 Å². The van der Waals surface area contributed by atoms with Crippen molar-refractivity contribution in [3.8, 4) is 0 Å². The van der Waals surface area contributed by atoms with Gasteiger partial charge in [0.1, 0.15) is 0 Å². The third-order valence-corrected chi connectivity index (χ3v) is 4.19. The fourth-order valence-electron chi connectivity index (χ4n) is 1.80. The highest BCUT2D eigenvalue weighted by Gasteiger charge is 2.06. The monoisotopic (exact) mass is 326 g/mol. The largest absolute Gasteiger partial charge is 0.357 e. The number of aliphatic imine (C=N–C) groups is 1. The molecule has 6 nitrogen and oxygen atoms in total. The molecule has 7 heteroatoms.